The van der Waals surface area contributed by atoms with Crippen LogP contribution in [0.3, 0.4) is 0 Å². The molecule has 2 N–H and O–H groups in total. The molecule has 1 amide bonds. The third kappa shape index (κ3) is 3.10. The van der Waals surface area contributed by atoms with Gasteiger partial charge in [-0.15, -0.1) is 0 Å². The quantitative estimate of drug-likeness (QED) is 0.657. The lowest BCUT2D eigenvalue weighted by molar-refractivity contribution is -0.136. The molecule has 1 aliphatic carbocycles. The van der Waals surface area contributed by atoms with E-state index in [9.17, 15) is 18.0 Å². The van der Waals surface area contributed by atoms with E-state index in [0.29, 0.717) is 0 Å². The van der Waals surface area contributed by atoms with Gasteiger partial charge in [0.2, 0.25) is 15.9 Å². The molecule has 114 valence electrons. The van der Waals surface area contributed by atoms with E-state index >= 15 is 0 Å². The number of carboxylic acids is 1. The molecular formula is C11H18N2O6S. The zero-order valence-corrected chi connectivity index (χ0v) is 11.9. The molecule has 8 nitrogen and oxygen atoms in total. The third-order valence-electron chi connectivity index (χ3n) is 3.43. The molecule has 0 aromatic carbocycles. The van der Waals surface area contributed by atoms with Crippen LogP contribution in [0.2, 0.25) is 0 Å². The molecule has 9 heteroatoms. The second-order valence-electron chi connectivity index (χ2n) is 5.01. The van der Waals surface area contributed by atoms with Gasteiger partial charge in [-0.05, 0) is 19.8 Å². The molecule has 0 radical (unpaired) electrons. The fraction of sp³-hybridized carbons (Fsp3) is 0.818. The number of carboxylic acid groups (broad SMARTS) is 1. The summed E-state index contributed by atoms with van der Waals surface area (Å²) in [6.07, 6.45) is 1.77. The van der Waals surface area contributed by atoms with Crippen molar-refractivity contribution in [1.29, 1.82) is 0 Å². The van der Waals surface area contributed by atoms with Gasteiger partial charge in [0.15, 0.2) is 5.25 Å². The van der Waals surface area contributed by atoms with Gasteiger partial charge >= 0.3 is 5.97 Å². The lowest BCUT2D eigenvalue weighted by Crippen LogP contribution is -2.58. The van der Waals surface area contributed by atoms with Crippen molar-refractivity contribution in [3.63, 3.8) is 0 Å². The Morgan fingerprint density at radius 1 is 1.40 bits per heavy atom. The Morgan fingerprint density at radius 2 is 2.05 bits per heavy atom. The highest BCUT2D eigenvalue weighted by Gasteiger charge is 2.43. The second-order valence-corrected chi connectivity index (χ2v) is 7.22. The maximum atomic E-state index is 12.3. The SMILES string of the molecule is CC(C(=O)O)S(=O)(=O)N1CCOCC1C(=O)NC1CC1. The van der Waals surface area contributed by atoms with Crippen molar-refractivity contribution < 1.29 is 27.9 Å². The number of ether oxygens (including phenoxy) is 1. The number of carbonyl (C=O) groups excluding carboxylic acids is 1. The molecule has 1 heterocycles. The molecule has 1 saturated heterocycles. The number of morpholine rings is 1. The summed E-state index contributed by atoms with van der Waals surface area (Å²) < 4.78 is 30.6. The number of hydrogen-bond donors (Lipinski definition) is 2. The molecule has 1 saturated carbocycles. The van der Waals surface area contributed by atoms with Crippen LogP contribution in [0.25, 0.3) is 0 Å². The van der Waals surface area contributed by atoms with Gasteiger partial charge in [0.05, 0.1) is 13.2 Å². The van der Waals surface area contributed by atoms with Gasteiger partial charge in [-0.3, -0.25) is 9.59 Å². The first-order valence-corrected chi connectivity index (χ1v) is 7.96. The Kier molecular flexibility index (Phi) is 4.31. The monoisotopic (exact) mass is 306 g/mol. The number of hydrogen-bond acceptors (Lipinski definition) is 5. The van der Waals surface area contributed by atoms with Crippen molar-refractivity contribution in [2.75, 3.05) is 19.8 Å². The van der Waals surface area contributed by atoms with Crippen LogP contribution in [0.15, 0.2) is 0 Å². The highest BCUT2D eigenvalue weighted by molar-refractivity contribution is 7.90. The molecule has 2 rings (SSSR count). The van der Waals surface area contributed by atoms with Crippen molar-refractivity contribution in [3.8, 4) is 0 Å². The number of nitrogens with one attached hydrogen (secondary N) is 1. The highest BCUT2D eigenvalue weighted by Crippen LogP contribution is 2.21. The van der Waals surface area contributed by atoms with E-state index in [1.165, 1.54) is 0 Å². The first-order chi connectivity index (χ1) is 9.34. The molecule has 2 fully saturated rings. The third-order valence-corrected chi connectivity index (χ3v) is 5.61. The number of nitrogens with zero attached hydrogens (tertiary/aromatic N) is 1. The van der Waals surface area contributed by atoms with E-state index in [2.05, 4.69) is 5.32 Å². The minimum Gasteiger partial charge on any atom is -0.480 e. The first kappa shape index (κ1) is 15.2. The molecule has 0 aromatic rings. The van der Waals surface area contributed by atoms with Crippen molar-refractivity contribution >= 4 is 21.9 Å². The molecule has 1 aliphatic heterocycles. The predicted octanol–water partition coefficient (Wildman–Crippen LogP) is -1.23. The molecular weight excluding hydrogens is 288 g/mol. The highest BCUT2D eigenvalue weighted by atomic mass is 32.2. The molecule has 0 spiro atoms. The Balaban J connectivity index is 2.17. The fourth-order valence-electron chi connectivity index (χ4n) is 1.96. The topological polar surface area (TPSA) is 113 Å². The standard InChI is InChI=1S/C11H18N2O6S/c1-7(11(15)16)20(17,18)13-4-5-19-6-9(13)10(14)12-8-2-3-8/h7-9H,2-6H2,1H3,(H,12,14)(H,15,16). The van der Waals surface area contributed by atoms with Gasteiger partial charge in [0.25, 0.3) is 0 Å². The molecule has 0 bridgehead atoms. The Labute approximate surface area is 117 Å². The summed E-state index contributed by atoms with van der Waals surface area (Å²) >= 11 is 0. The number of rotatable bonds is 5. The fourth-order valence-corrected chi connectivity index (χ4v) is 3.46. The van der Waals surface area contributed by atoms with Crippen LogP contribution in [0.4, 0.5) is 0 Å². The zero-order chi connectivity index (χ0) is 14.9. The molecule has 2 atom stereocenters. The zero-order valence-electron chi connectivity index (χ0n) is 11.1. The van der Waals surface area contributed by atoms with Crippen molar-refractivity contribution in [1.82, 2.24) is 9.62 Å². The van der Waals surface area contributed by atoms with Gasteiger partial charge in [0, 0.05) is 12.6 Å². The smallest absolute Gasteiger partial charge is 0.323 e. The Bertz CT molecular complexity index is 501. The summed E-state index contributed by atoms with van der Waals surface area (Å²) in [4.78, 5) is 23.0. The first-order valence-electron chi connectivity index (χ1n) is 6.45. The van der Waals surface area contributed by atoms with Crippen LogP contribution >= 0.6 is 0 Å². The van der Waals surface area contributed by atoms with E-state index in [-0.39, 0.29) is 25.8 Å². The Hall–Kier alpha value is -1.19. The minimum absolute atomic E-state index is 0.0112. The van der Waals surface area contributed by atoms with E-state index in [0.717, 1.165) is 24.1 Å². The van der Waals surface area contributed by atoms with Crippen LogP contribution < -0.4 is 5.32 Å². The van der Waals surface area contributed by atoms with Crippen molar-refractivity contribution in [3.05, 3.63) is 0 Å². The summed E-state index contributed by atoms with van der Waals surface area (Å²) in [7, 11) is -4.08. The normalized spacial score (nSPS) is 25.9. The summed E-state index contributed by atoms with van der Waals surface area (Å²) in [5.41, 5.74) is 0. The number of sulfonamides is 1. The summed E-state index contributed by atoms with van der Waals surface area (Å²) in [6, 6.07) is -0.887. The number of aliphatic carboxylic acids is 1. The van der Waals surface area contributed by atoms with Gasteiger partial charge in [0.1, 0.15) is 6.04 Å². The summed E-state index contributed by atoms with van der Waals surface area (Å²) in [5.74, 6) is -1.86. The average molecular weight is 306 g/mol. The maximum absolute atomic E-state index is 12.3. The van der Waals surface area contributed by atoms with E-state index < -0.39 is 33.2 Å². The van der Waals surface area contributed by atoms with Gasteiger partial charge in [-0.1, -0.05) is 0 Å². The van der Waals surface area contributed by atoms with Crippen LogP contribution in [0, 0.1) is 0 Å². The predicted molar refractivity (Wildman–Crippen MR) is 68.5 cm³/mol. The lowest BCUT2D eigenvalue weighted by atomic mass is 10.2. The average Bonchev–Trinajstić information content (AvgIpc) is 3.21. The largest absolute Gasteiger partial charge is 0.480 e. The minimum atomic E-state index is -4.08. The maximum Gasteiger partial charge on any atom is 0.323 e. The van der Waals surface area contributed by atoms with Crippen LogP contribution in [0.5, 0.6) is 0 Å². The molecule has 2 aliphatic rings. The van der Waals surface area contributed by atoms with Gasteiger partial charge < -0.3 is 15.2 Å². The van der Waals surface area contributed by atoms with Crippen LogP contribution in [-0.4, -0.2) is 66.8 Å². The molecule has 20 heavy (non-hydrogen) atoms. The van der Waals surface area contributed by atoms with E-state index in [1.54, 1.807) is 0 Å². The van der Waals surface area contributed by atoms with Gasteiger partial charge in [-0.2, -0.15) is 4.31 Å². The van der Waals surface area contributed by atoms with E-state index in [4.69, 9.17) is 9.84 Å². The van der Waals surface area contributed by atoms with Crippen molar-refractivity contribution in [2.24, 2.45) is 0 Å². The van der Waals surface area contributed by atoms with Crippen molar-refractivity contribution in [2.45, 2.75) is 37.1 Å². The van der Waals surface area contributed by atoms with Crippen LogP contribution in [0.1, 0.15) is 19.8 Å². The molecule has 0 aromatic heterocycles. The second kappa shape index (κ2) is 5.66. The molecule has 2 unspecified atom stereocenters. The van der Waals surface area contributed by atoms with Crippen LogP contribution in [-0.2, 0) is 24.3 Å². The van der Waals surface area contributed by atoms with Gasteiger partial charge in [-0.25, -0.2) is 8.42 Å². The number of amides is 1. The Morgan fingerprint density at radius 3 is 2.60 bits per heavy atom. The summed E-state index contributed by atoms with van der Waals surface area (Å²) in [5, 5.41) is 10.0. The lowest BCUT2D eigenvalue weighted by Gasteiger charge is -2.34. The number of carbonyl (C=O) groups is 2. The summed E-state index contributed by atoms with van der Waals surface area (Å²) in [6.45, 7) is 1.19. The van der Waals surface area contributed by atoms with E-state index in [1.807, 2.05) is 0 Å².